The van der Waals surface area contributed by atoms with Crippen LogP contribution >= 0.6 is 0 Å². The minimum atomic E-state index is -0.0991. The number of nitrogens with one attached hydrogen (secondary N) is 2. The summed E-state index contributed by atoms with van der Waals surface area (Å²) in [6.45, 7) is 29.7. The van der Waals surface area contributed by atoms with Gasteiger partial charge in [0.05, 0.1) is 36.3 Å². The van der Waals surface area contributed by atoms with Gasteiger partial charge < -0.3 is 26.0 Å². The van der Waals surface area contributed by atoms with Crippen molar-refractivity contribution in [2.45, 2.75) is 130 Å². The Bertz CT molecular complexity index is 1340. The molecule has 3 unspecified atom stereocenters. The second-order valence-electron chi connectivity index (χ2n) is 17.4. The summed E-state index contributed by atoms with van der Waals surface area (Å²) in [6, 6.07) is 10.5. The highest BCUT2D eigenvalue weighted by atomic mass is 16.5. The van der Waals surface area contributed by atoms with Gasteiger partial charge in [0.2, 0.25) is 0 Å². The monoisotopic (exact) mass is 675 g/mol. The van der Waals surface area contributed by atoms with E-state index in [1.165, 1.54) is 37.7 Å². The standard InChI is InChI=1S/C33H51N3O2.C9H15NO/c1-23(36-20-27-29(32(27,7)8)30(36)24(2)37)19-28(31(4,5)6)34-25(3)35-33(17-13-10-14-18-33)22-38-21-26-15-11-9-12-16-26;1-6(5-8-3-4-8)9(11)7(2)10/h9,11-12,15-16,27-30,34-35H,1,3,10,13-14,17-22H2,2,4-8H3;6,8H,2-5,10H2,1H3/t27-,28?,29-,30?;/m0./s1. The number of nitrogens with two attached hydrogens (primary N) is 1. The Morgan fingerprint density at radius 2 is 1.69 bits per heavy atom. The van der Waals surface area contributed by atoms with Gasteiger partial charge in [-0.2, -0.15) is 0 Å². The molecule has 49 heavy (non-hydrogen) atoms. The first-order valence-corrected chi connectivity index (χ1v) is 18.7. The van der Waals surface area contributed by atoms with Crippen LogP contribution in [0.3, 0.4) is 0 Å². The van der Waals surface area contributed by atoms with Crippen molar-refractivity contribution in [3.63, 3.8) is 0 Å². The van der Waals surface area contributed by atoms with Crippen LogP contribution in [0.25, 0.3) is 0 Å². The Balaban J connectivity index is 0.000000418. The molecule has 4 fully saturated rings. The minimum absolute atomic E-state index is 0.00919. The zero-order valence-corrected chi connectivity index (χ0v) is 31.7. The molecule has 7 heteroatoms. The number of carbonyl (C=O) groups is 2. The van der Waals surface area contributed by atoms with E-state index in [0.717, 1.165) is 49.7 Å². The Morgan fingerprint density at radius 1 is 1.06 bits per heavy atom. The number of Topliss-reactive ketones (excluding diaryl/α,β-unsaturated/α-hetero) is 2. The van der Waals surface area contributed by atoms with Crippen LogP contribution in [0.1, 0.15) is 112 Å². The lowest BCUT2D eigenvalue weighted by molar-refractivity contribution is -0.122. The quantitative estimate of drug-likeness (QED) is 0.154. The number of hydrogen-bond acceptors (Lipinski definition) is 7. The summed E-state index contributed by atoms with van der Waals surface area (Å²) < 4.78 is 6.25. The lowest BCUT2D eigenvalue weighted by Gasteiger charge is -2.42. The van der Waals surface area contributed by atoms with Gasteiger partial charge in [0.25, 0.3) is 0 Å². The van der Waals surface area contributed by atoms with Gasteiger partial charge in [0.15, 0.2) is 11.6 Å². The van der Waals surface area contributed by atoms with Gasteiger partial charge in [0.1, 0.15) is 0 Å². The zero-order chi connectivity index (χ0) is 36.1. The molecule has 272 valence electrons. The van der Waals surface area contributed by atoms with Gasteiger partial charge in [-0.3, -0.25) is 9.59 Å². The van der Waals surface area contributed by atoms with Crippen LogP contribution in [0.5, 0.6) is 0 Å². The van der Waals surface area contributed by atoms with Crippen molar-refractivity contribution < 1.29 is 14.3 Å². The Labute approximate surface area is 297 Å². The number of ketones is 2. The molecule has 0 spiro atoms. The lowest BCUT2D eigenvalue weighted by Crippen LogP contribution is -2.54. The molecule has 4 N–H and O–H groups in total. The van der Waals surface area contributed by atoms with Crippen molar-refractivity contribution >= 4 is 11.6 Å². The molecular weight excluding hydrogens is 608 g/mol. The Morgan fingerprint density at radius 3 is 2.24 bits per heavy atom. The summed E-state index contributed by atoms with van der Waals surface area (Å²) in [7, 11) is 0. The van der Waals surface area contributed by atoms with Crippen LogP contribution in [0, 0.1) is 34.5 Å². The number of benzene rings is 1. The third-order valence-corrected chi connectivity index (χ3v) is 11.7. The van der Waals surface area contributed by atoms with E-state index in [9.17, 15) is 9.59 Å². The maximum Gasteiger partial charge on any atom is 0.180 e. The van der Waals surface area contributed by atoms with E-state index >= 15 is 0 Å². The fourth-order valence-corrected chi connectivity index (χ4v) is 8.32. The zero-order valence-electron chi connectivity index (χ0n) is 31.7. The molecular formula is C42H66N4O3. The number of piperidine rings is 1. The predicted molar refractivity (Wildman–Crippen MR) is 201 cm³/mol. The summed E-state index contributed by atoms with van der Waals surface area (Å²) in [6.07, 6.45) is 10.2. The first kappa shape index (κ1) is 38.7. The van der Waals surface area contributed by atoms with Crippen LogP contribution in [0.15, 0.2) is 67.3 Å². The van der Waals surface area contributed by atoms with E-state index in [0.29, 0.717) is 25.0 Å². The van der Waals surface area contributed by atoms with Gasteiger partial charge in [-0.25, -0.2) is 0 Å². The van der Waals surface area contributed by atoms with Crippen molar-refractivity contribution in [3.8, 4) is 0 Å². The predicted octanol–water partition coefficient (Wildman–Crippen LogP) is 7.88. The first-order chi connectivity index (χ1) is 22.9. The van der Waals surface area contributed by atoms with Crippen LogP contribution in [-0.4, -0.2) is 47.2 Å². The molecule has 0 amide bonds. The summed E-state index contributed by atoms with van der Waals surface area (Å²) in [5, 5.41) is 7.53. The summed E-state index contributed by atoms with van der Waals surface area (Å²) in [4.78, 5) is 26.1. The number of allylic oxidation sites excluding steroid dienone is 1. The maximum absolute atomic E-state index is 12.6. The fraction of sp³-hybridized carbons (Fsp3) is 0.667. The molecule has 3 aliphatic carbocycles. The highest BCUT2D eigenvalue weighted by Crippen LogP contribution is 2.65. The third-order valence-electron chi connectivity index (χ3n) is 11.7. The van der Waals surface area contributed by atoms with Crippen molar-refractivity contribution in [1.82, 2.24) is 15.5 Å². The second-order valence-corrected chi connectivity index (χ2v) is 17.4. The van der Waals surface area contributed by atoms with E-state index in [2.05, 4.69) is 94.2 Å². The largest absolute Gasteiger partial charge is 0.396 e. The first-order valence-electron chi connectivity index (χ1n) is 18.7. The van der Waals surface area contributed by atoms with Gasteiger partial charge in [0, 0.05) is 30.6 Å². The van der Waals surface area contributed by atoms with Gasteiger partial charge in [-0.05, 0) is 60.3 Å². The van der Waals surface area contributed by atoms with Gasteiger partial charge in [-0.15, -0.1) is 0 Å². The van der Waals surface area contributed by atoms with Crippen LogP contribution in [0.4, 0.5) is 0 Å². The fourth-order valence-electron chi connectivity index (χ4n) is 8.32. The maximum atomic E-state index is 12.6. The molecule has 1 saturated heterocycles. The topological polar surface area (TPSA) is 96.7 Å². The number of fused-ring (bicyclic) bond motifs is 1. The van der Waals surface area contributed by atoms with Gasteiger partial charge in [-0.1, -0.05) is 124 Å². The Kier molecular flexibility index (Phi) is 12.5. The van der Waals surface area contributed by atoms with Crippen LogP contribution in [0.2, 0.25) is 0 Å². The van der Waals surface area contributed by atoms with E-state index in [4.69, 9.17) is 10.5 Å². The lowest BCUT2D eigenvalue weighted by atomic mass is 9.81. The molecule has 3 saturated carbocycles. The van der Waals surface area contributed by atoms with Crippen molar-refractivity contribution in [2.75, 3.05) is 13.2 Å². The normalized spacial score (nSPS) is 24.7. The molecule has 1 aromatic carbocycles. The van der Waals surface area contributed by atoms with E-state index in [-0.39, 0.29) is 51.6 Å². The minimum Gasteiger partial charge on any atom is -0.396 e. The molecule has 5 atom stereocenters. The molecule has 7 nitrogen and oxygen atoms in total. The van der Waals surface area contributed by atoms with Crippen molar-refractivity contribution in [3.05, 3.63) is 72.8 Å². The average molecular weight is 675 g/mol. The molecule has 0 bridgehead atoms. The number of rotatable bonds is 16. The summed E-state index contributed by atoms with van der Waals surface area (Å²) in [5.41, 5.74) is 7.92. The summed E-state index contributed by atoms with van der Waals surface area (Å²) >= 11 is 0. The average Bonchev–Trinajstić information content (AvgIpc) is 3.88. The van der Waals surface area contributed by atoms with Crippen molar-refractivity contribution in [2.24, 2.45) is 40.2 Å². The SMILES string of the molecule is C=C(N)C(=O)C(C)CC1CC1.C=C(NC(CC(=C)N1C[C@H]2[C@@H](C1C(C)=O)C2(C)C)C(C)(C)C)NC1(COCc2ccccc2)CCCCC1. The summed E-state index contributed by atoms with van der Waals surface area (Å²) in [5.74, 6) is 3.07. The molecule has 4 aliphatic rings. The number of likely N-dealkylation sites (tertiary alicyclic amines) is 1. The highest BCUT2D eigenvalue weighted by molar-refractivity contribution is 5.95. The van der Waals surface area contributed by atoms with Crippen LogP contribution < -0.4 is 16.4 Å². The van der Waals surface area contributed by atoms with E-state index in [1.807, 2.05) is 13.0 Å². The van der Waals surface area contributed by atoms with Gasteiger partial charge >= 0.3 is 0 Å². The Hall–Kier alpha value is -3.06. The number of hydrogen-bond donors (Lipinski definition) is 3. The van der Waals surface area contributed by atoms with Crippen LogP contribution in [-0.2, 0) is 20.9 Å². The number of ether oxygens (including phenoxy) is 1. The molecule has 1 aromatic rings. The number of carbonyl (C=O) groups excluding carboxylic acids is 2. The number of nitrogens with zero attached hydrogens (tertiary/aromatic N) is 1. The molecule has 0 aromatic heterocycles. The molecule has 1 aliphatic heterocycles. The second kappa shape index (κ2) is 15.9. The van der Waals surface area contributed by atoms with Crippen molar-refractivity contribution in [1.29, 1.82) is 0 Å². The van der Waals surface area contributed by atoms with E-state index in [1.54, 1.807) is 6.92 Å². The van der Waals surface area contributed by atoms with E-state index < -0.39 is 0 Å². The molecule has 5 rings (SSSR count). The smallest absolute Gasteiger partial charge is 0.180 e. The molecule has 1 heterocycles. The third kappa shape index (κ3) is 10.2. The highest BCUT2D eigenvalue weighted by Gasteiger charge is 2.68. The molecule has 0 radical (unpaired) electrons.